The van der Waals surface area contributed by atoms with Gasteiger partial charge in [-0.15, -0.1) is 0 Å². The first-order chi connectivity index (χ1) is 11.3. The molecule has 130 valence electrons. The van der Waals surface area contributed by atoms with Crippen LogP contribution in [0.1, 0.15) is 31.2 Å². The first-order valence-electron chi connectivity index (χ1n) is 7.92. The molecule has 0 bridgehead atoms. The van der Waals surface area contributed by atoms with Gasteiger partial charge in [0.1, 0.15) is 0 Å². The Morgan fingerprint density at radius 3 is 2.21 bits per heavy atom. The molecule has 3 rings (SSSR count). The number of imide groups is 1. The van der Waals surface area contributed by atoms with E-state index < -0.39 is 10.0 Å². The fourth-order valence-corrected chi connectivity index (χ4v) is 4.94. The van der Waals surface area contributed by atoms with Crippen LogP contribution >= 0.6 is 11.6 Å². The number of piperidine rings is 1. The quantitative estimate of drug-likeness (QED) is 0.762. The van der Waals surface area contributed by atoms with Crippen LogP contribution < -0.4 is 0 Å². The number of carbonyl (C=O) groups is 2. The normalized spacial score (nSPS) is 20.8. The van der Waals surface area contributed by atoms with Crippen molar-refractivity contribution in [2.24, 2.45) is 0 Å². The van der Waals surface area contributed by atoms with Crippen LogP contribution in [0.5, 0.6) is 0 Å². The van der Waals surface area contributed by atoms with Gasteiger partial charge in [-0.05, 0) is 43.5 Å². The third-order valence-electron chi connectivity index (χ3n) is 4.65. The van der Waals surface area contributed by atoms with Crippen molar-refractivity contribution in [3.8, 4) is 0 Å². The van der Waals surface area contributed by atoms with E-state index >= 15 is 0 Å². The molecular weight excluding hydrogens is 352 g/mol. The number of sulfonamides is 1. The summed E-state index contributed by atoms with van der Waals surface area (Å²) in [6.07, 6.45) is 1.48. The largest absolute Gasteiger partial charge is 0.279 e. The molecule has 0 aromatic heterocycles. The molecule has 0 unspecified atom stereocenters. The highest BCUT2D eigenvalue weighted by molar-refractivity contribution is 7.89. The van der Waals surface area contributed by atoms with Crippen molar-refractivity contribution in [2.75, 3.05) is 13.1 Å². The zero-order valence-electron chi connectivity index (χ0n) is 13.4. The van der Waals surface area contributed by atoms with E-state index in [1.54, 1.807) is 19.1 Å². The topological polar surface area (TPSA) is 74.8 Å². The van der Waals surface area contributed by atoms with Crippen LogP contribution in [-0.2, 0) is 19.6 Å². The summed E-state index contributed by atoms with van der Waals surface area (Å²) in [7, 11) is -3.59. The number of rotatable bonds is 3. The zero-order chi connectivity index (χ0) is 17.5. The minimum absolute atomic E-state index is 0.144. The van der Waals surface area contributed by atoms with Crippen molar-refractivity contribution >= 4 is 33.4 Å². The van der Waals surface area contributed by atoms with Gasteiger partial charge in [-0.3, -0.25) is 14.5 Å². The van der Waals surface area contributed by atoms with Gasteiger partial charge in [0.2, 0.25) is 21.8 Å². The van der Waals surface area contributed by atoms with Gasteiger partial charge in [-0.1, -0.05) is 11.6 Å². The lowest BCUT2D eigenvalue weighted by Crippen LogP contribution is -2.48. The van der Waals surface area contributed by atoms with Crippen LogP contribution in [-0.4, -0.2) is 48.6 Å². The van der Waals surface area contributed by atoms with Crippen molar-refractivity contribution < 1.29 is 18.0 Å². The van der Waals surface area contributed by atoms with E-state index in [1.165, 1.54) is 15.3 Å². The summed E-state index contributed by atoms with van der Waals surface area (Å²) in [5, 5.41) is 0.527. The lowest BCUT2D eigenvalue weighted by Gasteiger charge is -2.35. The van der Waals surface area contributed by atoms with Crippen LogP contribution in [0.2, 0.25) is 5.02 Å². The average molecular weight is 371 g/mol. The molecule has 0 saturated carbocycles. The molecule has 2 aliphatic heterocycles. The Morgan fingerprint density at radius 2 is 1.67 bits per heavy atom. The predicted molar refractivity (Wildman–Crippen MR) is 89.1 cm³/mol. The second-order valence-corrected chi connectivity index (χ2v) is 8.55. The minimum Gasteiger partial charge on any atom is -0.279 e. The van der Waals surface area contributed by atoms with Crippen LogP contribution in [0.25, 0.3) is 0 Å². The molecule has 2 saturated heterocycles. The molecule has 2 heterocycles. The maximum atomic E-state index is 12.7. The lowest BCUT2D eigenvalue weighted by molar-refractivity contribution is -0.141. The Kier molecular flexibility index (Phi) is 4.68. The molecule has 1 aromatic carbocycles. The second-order valence-electron chi connectivity index (χ2n) is 6.20. The Morgan fingerprint density at radius 1 is 1.08 bits per heavy atom. The Balaban J connectivity index is 1.72. The third kappa shape index (κ3) is 3.08. The summed E-state index contributed by atoms with van der Waals surface area (Å²) >= 11 is 5.96. The maximum absolute atomic E-state index is 12.7. The van der Waals surface area contributed by atoms with Crippen molar-refractivity contribution in [1.82, 2.24) is 9.21 Å². The monoisotopic (exact) mass is 370 g/mol. The molecule has 0 spiro atoms. The minimum atomic E-state index is -3.59. The molecule has 2 fully saturated rings. The van der Waals surface area contributed by atoms with Gasteiger partial charge in [0.05, 0.1) is 4.90 Å². The number of hydrogen-bond donors (Lipinski definition) is 0. The second kappa shape index (κ2) is 6.46. The molecular formula is C16H19ClN2O4S. The SMILES string of the molecule is Cc1cc(S(=O)(=O)N2CCC(N3C(=O)CCC3=O)CC2)ccc1Cl. The average Bonchev–Trinajstić information content (AvgIpc) is 2.89. The summed E-state index contributed by atoms with van der Waals surface area (Å²) in [6.45, 7) is 2.36. The van der Waals surface area contributed by atoms with Gasteiger partial charge in [0.15, 0.2) is 0 Å². The summed E-state index contributed by atoms with van der Waals surface area (Å²) in [5.74, 6) is -0.288. The lowest BCUT2D eigenvalue weighted by atomic mass is 10.1. The Labute approximate surface area is 146 Å². The maximum Gasteiger partial charge on any atom is 0.243 e. The van der Waals surface area contributed by atoms with E-state index in [0.717, 1.165) is 0 Å². The number of aryl methyl sites for hydroxylation is 1. The van der Waals surface area contributed by atoms with Crippen LogP contribution in [0.4, 0.5) is 0 Å². The molecule has 2 aliphatic rings. The molecule has 8 heteroatoms. The van der Waals surface area contributed by atoms with Gasteiger partial charge in [-0.2, -0.15) is 4.31 Å². The highest BCUT2D eigenvalue weighted by atomic mass is 35.5. The van der Waals surface area contributed by atoms with E-state index in [2.05, 4.69) is 0 Å². The van der Waals surface area contributed by atoms with Gasteiger partial charge in [0, 0.05) is 37.0 Å². The van der Waals surface area contributed by atoms with Crippen molar-refractivity contribution in [3.63, 3.8) is 0 Å². The standard InChI is InChI=1S/C16H19ClN2O4S/c1-11-10-13(2-3-14(11)17)24(22,23)18-8-6-12(7-9-18)19-15(20)4-5-16(19)21/h2-3,10,12H,4-9H2,1H3. The molecule has 24 heavy (non-hydrogen) atoms. The number of hydrogen-bond acceptors (Lipinski definition) is 4. The Bertz CT molecular complexity index is 769. The van der Waals surface area contributed by atoms with Crippen molar-refractivity contribution in [3.05, 3.63) is 28.8 Å². The number of nitrogens with zero attached hydrogens (tertiary/aromatic N) is 2. The first kappa shape index (κ1) is 17.4. The summed E-state index contributed by atoms with van der Waals surface area (Å²) < 4.78 is 26.9. The Hall–Kier alpha value is -1.44. The van der Waals surface area contributed by atoms with Crippen LogP contribution in [0.15, 0.2) is 23.1 Å². The number of benzene rings is 1. The van der Waals surface area contributed by atoms with Gasteiger partial charge in [0.25, 0.3) is 0 Å². The van der Waals surface area contributed by atoms with E-state index in [1.807, 2.05) is 0 Å². The molecule has 0 N–H and O–H groups in total. The van der Waals surface area contributed by atoms with Gasteiger partial charge in [-0.25, -0.2) is 8.42 Å². The van der Waals surface area contributed by atoms with E-state index in [-0.39, 0.29) is 35.6 Å². The molecule has 0 atom stereocenters. The smallest absolute Gasteiger partial charge is 0.243 e. The van der Waals surface area contributed by atoms with E-state index in [0.29, 0.717) is 36.5 Å². The first-order valence-corrected chi connectivity index (χ1v) is 9.73. The highest BCUT2D eigenvalue weighted by Gasteiger charge is 2.38. The summed E-state index contributed by atoms with van der Waals surface area (Å²) in [6, 6.07) is 4.46. The molecule has 0 radical (unpaired) electrons. The molecule has 0 aliphatic carbocycles. The van der Waals surface area contributed by atoms with Gasteiger partial charge >= 0.3 is 0 Å². The number of likely N-dealkylation sites (tertiary alicyclic amines) is 1. The summed E-state index contributed by atoms with van der Waals surface area (Å²) in [4.78, 5) is 25.2. The number of carbonyl (C=O) groups excluding carboxylic acids is 2. The summed E-state index contributed by atoms with van der Waals surface area (Å²) in [5.41, 5.74) is 0.709. The number of halogens is 1. The predicted octanol–water partition coefficient (Wildman–Crippen LogP) is 1.95. The van der Waals surface area contributed by atoms with Crippen molar-refractivity contribution in [1.29, 1.82) is 0 Å². The third-order valence-corrected chi connectivity index (χ3v) is 6.96. The van der Waals surface area contributed by atoms with E-state index in [9.17, 15) is 18.0 Å². The highest BCUT2D eigenvalue weighted by Crippen LogP contribution is 2.27. The molecule has 6 nitrogen and oxygen atoms in total. The molecule has 1 aromatic rings. The van der Waals surface area contributed by atoms with Crippen molar-refractivity contribution in [2.45, 2.75) is 43.5 Å². The van der Waals surface area contributed by atoms with E-state index in [4.69, 9.17) is 11.6 Å². The van der Waals surface area contributed by atoms with Gasteiger partial charge < -0.3 is 0 Å². The zero-order valence-corrected chi connectivity index (χ0v) is 14.9. The molecule has 2 amide bonds. The van der Waals surface area contributed by atoms with Crippen LogP contribution in [0, 0.1) is 6.92 Å². The number of amides is 2. The fraction of sp³-hybridized carbons (Fsp3) is 0.500. The van der Waals surface area contributed by atoms with Crippen LogP contribution in [0.3, 0.4) is 0 Å². The fourth-order valence-electron chi connectivity index (χ4n) is 3.27.